The molecule has 27 heavy (non-hydrogen) atoms. The van der Waals surface area contributed by atoms with Gasteiger partial charge in [0.25, 0.3) is 0 Å². The number of aryl methyl sites for hydroxylation is 2. The molecule has 0 fully saturated rings. The molecule has 9 heteroatoms. The molecule has 0 N–H and O–H groups in total. The average molecular weight is 399 g/mol. The van der Waals surface area contributed by atoms with E-state index in [0.29, 0.717) is 27.6 Å². The van der Waals surface area contributed by atoms with Gasteiger partial charge in [-0.05, 0) is 65.7 Å². The topological polar surface area (TPSA) is 82.5 Å². The Balaban J connectivity index is 1.51. The number of nitrogens with zero attached hydrogens (tertiary/aromatic N) is 6. The predicted molar refractivity (Wildman–Crippen MR) is 103 cm³/mol. The molecule has 2 aromatic carbocycles. The molecule has 4 aromatic rings. The lowest BCUT2D eigenvalue weighted by Crippen LogP contribution is -2.02. The summed E-state index contributed by atoms with van der Waals surface area (Å²) in [6.07, 6.45) is 0. The third-order valence-corrected chi connectivity index (χ3v) is 5.09. The molecule has 0 unspecified atom stereocenters. The summed E-state index contributed by atoms with van der Waals surface area (Å²) in [6.45, 7) is 4.07. The van der Waals surface area contributed by atoms with Crippen molar-refractivity contribution in [1.82, 2.24) is 30.3 Å². The molecule has 0 aliphatic carbocycles. The fourth-order valence-corrected chi connectivity index (χ4v) is 3.37. The van der Waals surface area contributed by atoms with Gasteiger partial charge in [0.2, 0.25) is 16.9 Å². The Morgan fingerprint density at radius 2 is 1.93 bits per heavy atom. The molecule has 0 aliphatic rings. The lowest BCUT2D eigenvalue weighted by molar-refractivity contribution is 0.391. The van der Waals surface area contributed by atoms with Gasteiger partial charge < -0.3 is 4.52 Å². The molecule has 4 rings (SSSR count). The fourth-order valence-electron chi connectivity index (χ4n) is 2.52. The summed E-state index contributed by atoms with van der Waals surface area (Å²) in [5.41, 5.74) is 4.04. The van der Waals surface area contributed by atoms with Crippen molar-refractivity contribution in [1.29, 1.82) is 0 Å². The zero-order chi connectivity index (χ0) is 18.8. The van der Waals surface area contributed by atoms with Gasteiger partial charge in [-0.1, -0.05) is 40.7 Å². The van der Waals surface area contributed by atoms with E-state index < -0.39 is 0 Å². The molecule has 0 atom stereocenters. The molecule has 136 valence electrons. The van der Waals surface area contributed by atoms with Crippen LogP contribution in [0.5, 0.6) is 0 Å². The van der Waals surface area contributed by atoms with E-state index in [1.165, 1.54) is 11.8 Å². The van der Waals surface area contributed by atoms with Gasteiger partial charge >= 0.3 is 0 Å². The molecule has 0 bridgehead atoms. The predicted octanol–water partition coefficient (Wildman–Crippen LogP) is 4.27. The number of thioether (sulfide) groups is 1. The Bertz CT molecular complexity index is 1080. The van der Waals surface area contributed by atoms with Crippen LogP contribution in [0.1, 0.15) is 17.0 Å². The van der Waals surface area contributed by atoms with Crippen molar-refractivity contribution in [2.45, 2.75) is 24.8 Å². The highest BCUT2D eigenvalue weighted by Gasteiger charge is 2.14. The van der Waals surface area contributed by atoms with E-state index in [-0.39, 0.29) is 0 Å². The average Bonchev–Trinajstić information content (AvgIpc) is 3.32. The zero-order valence-electron chi connectivity index (χ0n) is 14.6. The second-order valence-corrected chi connectivity index (χ2v) is 7.35. The molecule has 0 saturated heterocycles. The van der Waals surface area contributed by atoms with Crippen LogP contribution in [0.15, 0.2) is 52.1 Å². The highest BCUT2D eigenvalue weighted by atomic mass is 35.5. The molecule has 7 nitrogen and oxygen atoms in total. The third-order valence-electron chi connectivity index (χ3n) is 3.93. The summed E-state index contributed by atoms with van der Waals surface area (Å²) in [7, 11) is 0. The molecule has 0 radical (unpaired) electrons. The van der Waals surface area contributed by atoms with Gasteiger partial charge in [-0.3, -0.25) is 0 Å². The maximum atomic E-state index is 5.91. The van der Waals surface area contributed by atoms with E-state index in [4.69, 9.17) is 16.1 Å². The van der Waals surface area contributed by atoms with Gasteiger partial charge in [-0.15, -0.1) is 5.10 Å². The molecule has 0 amide bonds. The first-order chi connectivity index (χ1) is 13.1. The van der Waals surface area contributed by atoms with Gasteiger partial charge in [0.15, 0.2) is 0 Å². The second-order valence-electron chi connectivity index (χ2n) is 5.97. The first-order valence-corrected chi connectivity index (χ1v) is 9.54. The Morgan fingerprint density at radius 1 is 1.11 bits per heavy atom. The van der Waals surface area contributed by atoms with E-state index in [9.17, 15) is 0 Å². The smallest absolute Gasteiger partial charge is 0.237 e. The van der Waals surface area contributed by atoms with Crippen molar-refractivity contribution in [3.05, 3.63) is 64.5 Å². The van der Waals surface area contributed by atoms with E-state index in [1.54, 1.807) is 16.8 Å². The lowest BCUT2D eigenvalue weighted by Gasteiger charge is -2.07. The lowest BCUT2D eigenvalue weighted by atomic mass is 10.1. The highest BCUT2D eigenvalue weighted by Crippen LogP contribution is 2.25. The molecular formula is C18H15ClN6OS. The Kier molecular flexibility index (Phi) is 4.91. The molecule has 0 spiro atoms. The molecule has 2 aromatic heterocycles. The molecular weight excluding hydrogens is 384 g/mol. The highest BCUT2D eigenvalue weighted by molar-refractivity contribution is 7.98. The van der Waals surface area contributed by atoms with Crippen LogP contribution in [-0.4, -0.2) is 30.3 Å². The molecule has 0 aliphatic heterocycles. The van der Waals surface area contributed by atoms with Crippen LogP contribution in [-0.2, 0) is 5.75 Å². The van der Waals surface area contributed by atoms with Crippen LogP contribution in [0, 0.1) is 13.8 Å². The summed E-state index contributed by atoms with van der Waals surface area (Å²) in [6, 6.07) is 13.5. The van der Waals surface area contributed by atoms with Gasteiger partial charge in [0.1, 0.15) is 0 Å². The van der Waals surface area contributed by atoms with Crippen LogP contribution in [0.3, 0.4) is 0 Å². The SMILES string of the molecule is Cc1ccc(C)c(-n2nnnc2SCc2nc(-c3ccc(Cl)cc3)no2)c1. The number of halogens is 1. The van der Waals surface area contributed by atoms with Crippen molar-refractivity contribution >= 4 is 23.4 Å². The van der Waals surface area contributed by atoms with Crippen molar-refractivity contribution in [3.63, 3.8) is 0 Å². The number of hydrogen-bond donors (Lipinski definition) is 0. The van der Waals surface area contributed by atoms with E-state index in [0.717, 1.165) is 22.4 Å². The number of rotatable bonds is 5. The quantitative estimate of drug-likeness (QED) is 0.464. The van der Waals surface area contributed by atoms with E-state index >= 15 is 0 Å². The van der Waals surface area contributed by atoms with Crippen molar-refractivity contribution in [2.75, 3.05) is 0 Å². The number of hydrogen-bond acceptors (Lipinski definition) is 7. The number of benzene rings is 2. The van der Waals surface area contributed by atoms with Crippen LogP contribution < -0.4 is 0 Å². The minimum Gasteiger partial charge on any atom is -0.338 e. The van der Waals surface area contributed by atoms with Gasteiger partial charge in [-0.25, -0.2) is 0 Å². The first-order valence-electron chi connectivity index (χ1n) is 8.17. The summed E-state index contributed by atoms with van der Waals surface area (Å²) in [5, 5.41) is 17.4. The van der Waals surface area contributed by atoms with Crippen molar-refractivity contribution < 1.29 is 4.52 Å². The molecule has 0 saturated carbocycles. The molecule has 2 heterocycles. The Morgan fingerprint density at radius 3 is 2.74 bits per heavy atom. The number of tetrazole rings is 1. The van der Waals surface area contributed by atoms with Crippen LogP contribution >= 0.6 is 23.4 Å². The second kappa shape index (κ2) is 7.50. The van der Waals surface area contributed by atoms with Gasteiger partial charge in [0.05, 0.1) is 11.4 Å². The van der Waals surface area contributed by atoms with E-state index in [2.05, 4.69) is 43.9 Å². The normalized spacial score (nSPS) is 11.1. The van der Waals surface area contributed by atoms with Gasteiger partial charge in [0, 0.05) is 10.6 Å². The van der Waals surface area contributed by atoms with Gasteiger partial charge in [-0.2, -0.15) is 9.67 Å². The maximum absolute atomic E-state index is 5.91. The van der Waals surface area contributed by atoms with E-state index in [1.807, 2.05) is 26.0 Å². The Labute approximate surface area is 164 Å². The minimum atomic E-state index is 0.464. The largest absolute Gasteiger partial charge is 0.338 e. The van der Waals surface area contributed by atoms with Crippen LogP contribution in [0.2, 0.25) is 5.02 Å². The summed E-state index contributed by atoms with van der Waals surface area (Å²) < 4.78 is 7.07. The summed E-state index contributed by atoms with van der Waals surface area (Å²) in [4.78, 5) is 4.42. The monoisotopic (exact) mass is 398 g/mol. The standard InChI is InChI=1S/C18H15ClN6OS/c1-11-3-4-12(2)15(9-11)25-18(21-23-24-25)27-10-16-20-17(22-26-16)13-5-7-14(19)8-6-13/h3-9H,10H2,1-2H3. The van der Waals surface area contributed by atoms with Crippen molar-refractivity contribution in [2.24, 2.45) is 0 Å². The summed E-state index contributed by atoms with van der Waals surface area (Å²) >= 11 is 7.35. The van der Waals surface area contributed by atoms with Crippen LogP contribution in [0.25, 0.3) is 17.1 Å². The maximum Gasteiger partial charge on any atom is 0.237 e. The number of aromatic nitrogens is 6. The third kappa shape index (κ3) is 3.86. The minimum absolute atomic E-state index is 0.464. The fraction of sp³-hybridized carbons (Fsp3) is 0.167. The summed E-state index contributed by atoms with van der Waals surface area (Å²) in [5.74, 6) is 1.49. The Hall–Kier alpha value is -2.71. The zero-order valence-corrected chi connectivity index (χ0v) is 16.2. The first kappa shape index (κ1) is 17.7. The van der Waals surface area contributed by atoms with Crippen molar-refractivity contribution in [3.8, 4) is 17.1 Å². The van der Waals surface area contributed by atoms with Crippen LogP contribution in [0.4, 0.5) is 0 Å².